The van der Waals surface area contributed by atoms with Crippen LogP contribution in [0.3, 0.4) is 0 Å². The molecule has 12 aromatic carbocycles. The zero-order chi connectivity index (χ0) is 45.2. The molecule has 1 aromatic heterocycles. The molecule has 0 unspecified atom stereocenters. The summed E-state index contributed by atoms with van der Waals surface area (Å²) >= 11 is 0. The highest BCUT2D eigenvalue weighted by Gasteiger charge is 2.51. The summed E-state index contributed by atoms with van der Waals surface area (Å²) in [6.45, 7) is 0. The van der Waals surface area contributed by atoms with Crippen molar-refractivity contribution in [3.8, 4) is 44.5 Å². The first-order valence-corrected chi connectivity index (χ1v) is 23.9. The Kier molecular flexibility index (Phi) is 8.02. The third-order valence-corrected chi connectivity index (χ3v) is 15.3. The predicted octanol–water partition coefficient (Wildman–Crippen LogP) is 18.2. The van der Waals surface area contributed by atoms with E-state index in [-0.39, 0.29) is 0 Å². The van der Waals surface area contributed by atoms with Crippen molar-refractivity contribution in [2.75, 3.05) is 4.90 Å². The Labute approximate surface area is 399 Å². The summed E-state index contributed by atoms with van der Waals surface area (Å²) in [5, 5.41) is 9.79. The minimum absolute atomic E-state index is 0.421. The number of anilines is 3. The SMILES string of the molecule is c1ccc(-c2ccc(N(c3ccc(-c4cccc5c4oc4ccccc45)cc3)c3ccc4c(c3)c3ccccc3c3cc5c(cc43)C3(c4ccccc4-c4ccccc43)c3ccccc3-5)cc2)cc1. The van der Waals surface area contributed by atoms with Gasteiger partial charge in [-0.05, 0) is 148 Å². The van der Waals surface area contributed by atoms with Gasteiger partial charge in [0.15, 0.2) is 0 Å². The quantitative estimate of drug-likeness (QED) is 0.160. The molecule has 0 saturated heterocycles. The number of fused-ring (bicyclic) bond motifs is 19. The van der Waals surface area contributed by atoms with E-state index in [2.05, 4.69) is 248 Å². The van der Waals surface area contributed by atoms with Crippen LogP contribution in [-0.2, 0) is 5.41 Å². The molecule has 0 aliphatic heterocycles. The summed E-state index contributed by atoms with van der Waals surface area (Å²) in [5.74, 6) is 0. The molecule has 320 valence electrons. The van der Waals surface area contributed by atoms with Gasteiger partial charge in [0.25, 0.3) is 0 Å². The Morgan fingerprint density at radius 3 is 1.39 bits per heavy atom. The van der Waals surface area contributed by atoms with Crippen LogP contribution in [-0.4, -0.2) is 0 Å². The molecule has 13 aromatic rings. The highest BCUT2D eigenvalue weighted by atomic mass is 16.3. The van der Waals surface area contributed by atoms with E-state index < -0.39 is 5.41 Å². The topological polar surface area (TPSA) is 16.4 Å². The Balaban J connectivity index is 0.940. The normalized spacial score (nSPS) is 13.0. The second kappa shape index (κ2) is 14.5. The van der Waals surface area contributed by atoms with Crippen molar-refractivity contribution in [1.82, 2.24) is 0 Å². The van der Waals surface area contributed by atoms with E-state index in [4.69, 9.17) is 4.42 Å². The Morgan fingerprint density at radius 1 is 0.261 bits per heavy atom. The van der Waals surface area contributed by atoms with Crippen LogP contribution in [0, 0.1) is 0 Å². The molecule has 2 aliphatic carbocycles. The molecule has 0 fully saturated rings. The monoisotopic (exact) mass is 875 g/mol. The summed E-state index contributed by atoms with van der Waals surface area (Å²) in [7, 11) is 0. The molecular weight excluding hydrogens is 835 g/mol. The van der Waals surface area contributed by atoms with Crippen molar-refractivity contribution in [3.05, 3.63) is 271 Å². The summed E-state index contributed by atoms with van der Waals surface area (Å²) in [6, 6.07) is 91.8. The van der Waals surface area contributed by atoms with Gasteiger partial charge in [-0.1, -0.05) is 194 Å². The van der Waals surface area contributed by atoms with Crippen LogP contribution in [0.25, 0.3) is 98.8 Å². The number of nitrogens with zero attached hydrogens (tertiary/aromatic N) is 1. The van der Waals surface area contributed by atoms with E-state index in [0.717, 1.165) is 50.1 Å². The highest BCUT2D eigenvalue weighted by Crippen LogP contribution is 2.63. The van der Waals surface area contributed by atoms with Crippen LogP contribution in [0.5, 0.6) is 0 Å². The van der Waals surface area contributed by atoms with Crippen LogP contribution in [0.15, 0.2) is 253 Å². The van der Waals surface area contributed by atoms with Crippen molar-refractivity contribution in [3.63, 3.8) is 0 Å². The van der Waals surface area contributed by atoms with E-state index in [0.29, 0.717) is 0 Å². The summed E-state index contributed by atoms with van der Waals surface area (Å²) < 4.78 is 6.50. The fourth-order valence-corrected chi connectivity index (χ4v) is 12.3. The summed E-state index contributed by atoms with van der Waals surface area (Å²) in [6.07, 6.45) is 0. The van der Waals surface area contributed by atoms with Crippen molar-refractivity contribution in [1.29, 1.82) is 0 Å². The molecule has 2 heteroatoms. The van der Waals surface area contributed by atoms with Gasteiger partial charge in [0.1, 0.15) is 11.2 Å². The average Bonchev–Trinajstić information content (AvgIpc) is 4.05. The van der Waals surface area contributed by atoms with Gasteiger partial charge in [0, 0.05) is 33.4 Å². The maximum Gasteiger partial charge on any atom is 0.143 e. The molecule has 0 amide bonds. The zero-order valence-corrected chi connectivity index (χ0v) is 37.5. The maximum absolute atomic E-state index is 6.50. The molecule has 0 atom stereocenters. The largest absolute Gasteiger partial charge is 0.455 e. The molecule has 0 N–H and O–H groups in total. The lowest BCUT2D eigenvalue weighted by Crippen LogP contribution is -2.25. The first-order valence-electron chi connectivity index (χ1n) is 23.9. The average molecular weight is 876 g/mol. The van der Waals surface area contributed by atoms with Crippen LogP contribution in [0.4, 0.5) is 17.1 Å². The second-order valence-corrected chi connectivity index (χ2v) is 18.7. The number of furan rings is 1. The van der Waals surface area contributed by atoms with Crippen LogP contribution < -0.4 is 4.90 Å². The lowest BCUT2D eigenvalue weighted by atomic mass is 9.70. The zero-order valence-electron chi connectivity index (χ0n) is 37.5. The molecule has 69 heavy (non-hydrogen) atoms. The third kappa shape index (κ3) is 5.37. The van der Waals surface area contributed by atoms with Gasteiger partial charge in [-0.15, -0.1) is 0 Å². The molecule has 0 bridgehead atoms. The van der Waals surface area contributed by atoms with Crippen molar-refractivity contribution in [2.45, 2.75) is 5.41 Å². The molecular formula is C67H41NO. The molecule has 1 spiro atoms. The first kappa shape index (κ1) is 38.2. The van der Waals surface area contributed by atoms with Gasteiger partial charge in [0.2, 0.25) is 0 Å². The number of para-hydroxylation sites is 2. The molecule has 15 rings (SSSR count). The predicted molar refractivity (Wildman–Crippen MR) is 288 cm³/mol. The van der Waals surface area contributed by atoms with Crippen LogP contribution in [0.2, 0.25) is 0 Å². The number of hydrogen-bond donors (Lipinski definition) is 0. The lowest BCUT2D eigenvalue weighted by molar-refractivity contribution is 0.670. The minimum Gasteiger partial charge on any atom is -0.455 e. The van der Waals surface area contributed by atoms with Gasteiger partial charge in [-0.25, -0.2) is 0 Å². The molecule has 0 saturated carbocycles. The fourth-order valence-electron chi connectivity index (χ4n) is 12.3. The van der Waals surface area contributed by atoms with Gasteiger partial charge in [0.05, 0.1) is 5.41 Å². The minimum atomic E-state index is -0.421. The summed E-state index contributed by atoms with van der Waals surface area (Å²) in [5.41, 5.74) is 19.9. The standard InChI is InChI=1S/C67H41NO/c1-2-15-42(16-3-1)43-29-33-45(34-30-43)68(46-35-31-44(32-36-46)48-23-14-24-56-55-22-9-13-28-65(55)69-66(48)56)47-37-38-51-57(39-47)49-17-4-5-18-50(49)58-40-60-54-21-8-12-27-63(54)67(64(60)41-59(51)58)61-25-10-6-19-52(61)53-20-7-11-26-62(53)67/h1-41H. The number of benzene rings is 12. The Bertz CT molecular complexity index is 4190. The van der Waals surface area contributed by atoms with Gasteiger partial charge in [-0.3, -0.25) is 0 Å². The molecule has 2 nitrogen and oxygen atoms in total. The lowest BCUT2D eigenvalue weighted by Gasteiger charge is -2.30. The number of rotatable bonds is 5. The van der Waals surface area contributed by atoms with Crippen molar-refractivity contribution >= 4 is 71.3 Å². The Morgan fingerprint density at radius 2 is 0.725 bits per heavy atom. The summed E-state index contributed by atoms with van der Waals surface area (Å²) in [4.78, 5) is 2.40. The van der Waals surface area contributed by atoms with Gasteiger partial charge in [-0.2, -0.15) is 0 Å². The van der Waals surface area contributed by atoms with Gasteiger partial charge >= 0.3 is 0 Å². The fraction of sp³-hybridized carbons (Fsp3) is 0.0149. The van der Waals surface area contributed by atoms with Crippen LogP contribution >= 0.6 is 0 Å². The first-order chi connectivity index (χ1) is 34.2. The van der Waals surface area contributed by atoms with E-state index in [9.17, 15) is 0 Å². The van der Waals surface area contributed by atoms with E-state index in [1.54, 1.807) is 0 Å². The second-order valence-electron chi connectivity index (χ2n) is 18.7. The maximum atomic E-state index is 6.50. The smallest absolute Gasteiger partial charge is 0.143 e. The van der Waals surface area contributed by atoms with Crippen LogP contribution in [0.1, 0.15) is 22.3 Å². The van der Waals surface area contributed by atoms with Crippen molar-refractivity contribution in [2.24, 2.45) is 0 Å². The Hall–Kier alpha value is -8.98. The highest BCUT2D eigenvalue weighted by molar-refractivity contribution is 6.27. The number of hydrogen-bond acceptors (Lipinski definition) is 2. The van der Waals surface area contributed by atoms with Crippen molar-refractivity contribution < 1.29 is 4.42 Å². The molecule has 1 heterocycles. The molecule has 2 aliphatic rings. The van der Waals surface area contributed by atoms with Gasteiger partial charge < -0.3 is 9.32 Å². The van der Waals surface area contributed by atoms with E-state index in [1.165, 1.54) is 88.0 Å². The van der Waals surface area contributed by atoms with E-state index >= 15 is 0 Å². The van der Waals surface area contributed by atoms with E-state index in [1.807, 2.05) is 6.07 Å². The molecule has 0 radical (unpaired) electrons. The third-order valence-electron chi connectivity index (χ3n) is 15.3.